The summed E-state index contributed by atoms with van der Waals surface area (Å²) in [7, 11) is 0. The molecule has 1 atom stereocenters. The molecule has 0 amide bonds. The van der Waals surface area contributed by atoms with Gasteiger partial charge in [0.05, 0.1) is 6.04 Å². The quantitative estimate of drug-likeness (QED) is 0.857. The van der Waals surface area contributed by atoms with Crippen LogP contribution in [0.25, 0.3) is 0 Å². The molecule has 1 heteroatoms. The summed E-state index contributed by atoms with van der Waals surface area (Å²) in [6.07, 6.45) is 4.00. The molecular formula is C18H21N. The highest BCUT2D eigenvalue weighted by Gasteiger charge is 2.23. The molecule has 2 aromatic carbocycles. The van der Waals surface area contributed by atoms with Gasteiger partial charge in [-0.1, -0.05) is 66.6 Å². The average molecular weight is 251 g/mol. The fourth-order valence-corrected chi connectivity index (χ4v) is 2.69. The maximum Gasteiger partial charge on any atom is 0.0578 e. The SMILES string of the molecule is Cc1cccc([C@@H](NC2CCC2)c2ccccc2)c1. The lowest BCUT2D eigenvalue weighted by molar-refractivity contribution is 0.320. The Morgan fingerprint density at radius 3 is 2.32 bits per heavy atom. The van der Waals surface area contributed by atoms with Crippen molar-refractivity contribution in [2.45, 2.75) is 38.3 Å². The number of hydrogen-bond acceptors (Lipinski definition) is 1. The molecule has 0 bridgehead atoms. The summed E-state index contributed by atoms with van der Waals surface area (Å²) in [4.78, 5) is 0. The van der Waals surface area contributed by atoms with Gasteiger partial charge in [-0.15, -0.1) is 0 Å². The molecule has 1 N–H and O–H groups in total. The summed E-state index contributed by atoms with van der Waals surface area (Å²) in [5.74, 6) is 0. The third-order valence-corrected chi connectivity index (χ3v) is 4.02. The van der Waals surface area contributed by atoms with Crippen LogP contribution < -0.4 is 5.32 Å². The van der Waals surface area contributed by atoms with E-state index in [1.165, 1.54) is 36.0 Å². The molecule has 1 fully saturated rings. The second-order valence-corrected chi connectivity index (χ2v) is 5.55. The van der Waals surface area contributed by atoms with Gasteiger partial charge in [-0.05, 0) is 30.9 Å². The molecule has 0 saturated heterocycles. The van der Waals surface area contributed by atoms with E-state index >= 15 is 0 Å². The van der Waals surface area contributed by atoms with Gasteiger partial charge in [-0.25, -0.2) is 0 Å². The molecule has 0 radical (unpaired) electrons. The van der Waals surface area contributed by atoms with E-state index in [0.717, 1.165) is 0 Å². The van der Waals surface area contributed by atoms with E-state index in [4.69, 9.17) is 0 Å². The van der Waals surface area contributed by atoms with Gasteiger partial charge in [0.1, 0.15) is 0 Å². The van der Waals surface area contributed by atoms with Crippen molar-refractivity contribution >= 4 is 0 Å². The molecule has 0 unspecified atom stereocenters. The van der Waals surface area contributed by atoms with Crippen molar-refractivity contribution in [3.05, 3.63) is 71.3 Å². The highest BCUT2D eigenvalue weighted by Crippen LogP contribution is 2.27. The standard InChI is InChI=1S/C18H21N/c1-14-7-5-10-16(13-14)18(19-17-11-6-12-17)15-8-3-2-4-9-15/h2-5,7-10,13,17-19H,6,11-12H2,1H3/t18-/m0/s1. The van der Waals surface area contributed by atoms with Gasteiger partial charge in [0.15, 0.2) is 0 Å². The molecule has 1 nitrogen and oxygen atoms in total. The van der Waals surface area contributed by atoms with Crippen LogP contribution in [0.2, 0.25) is 0 Å². The van der Waals surface area contributed by atoms with Crippen LogP contribution in [0.1, 0.15) is 42.0 Å². The lowest BCUT2D eigenvalue weighted by Crippen LogP contribution is -2.38. The van der Waals surface area contributed by atoms with E-state index < -0.39 is 0 Å². The van der Waals surface area contributed by atoms with Crippen molar-refractivity contribution in [1.82, 2.24) is 5.32 Å². The van der Waals surface area contributed by atoms with E-state index in [9.17, 15) is 0 Å². The number of benzene rings is 2. The minimum absolute atomic E-state index is 0.325. The molecule has 0 aromatic heterocycles. The summed E-state index contributed by atoms with van der Waals surface area (Å²) in [5.41, 5.74) is 4.06. The first-order valence-corrected chi connectivity index (χ1v) is 7.20. The lowest BCUT2D eigenvalue weighted by Gasteiger charge is -2.32. The molecule has 1 saturated carbocycles. The minimum Gasteiger partial charge on any atom is -0.303 e. The van der Waals surface area contributed by atoms with Crippen LogP contribution in [0, 0.1) is 6.92 Å². The predicted octanol–water partition coefficient (Wildman–Crippen LogP) is 4.23. The largest absolute Gasteiger partial charge is 0.303 e. The van der Waals surface area contributed by atoms with E-state index in [2.05, 4.69) is 66.8 Å². The smallest absolute Gasteiger partial charge is 0.0578 e. The van der Waals surface area contributed by atoms with Crippen molar-refractivity contribution < 1.29 is 0 Å². The van der Waals surface area contributed by atoms with E-state index in [0.29, 0.717) is 12.1 Å². The van der Waals surface area contributed by atoms with Crippen LogP contribution in [0.4, 0.5) is 0 Å². The van der Waals surface area contributed by atoms with Crippen molar-refractivity contribution in [3.8, 4) is 0 Å². The Bertz CT molecular complexity index is 528. The second-order valence-electron chi connectivity index (χ2n) is 5.55. The van der Waals surface area contributed by atoms with Gasteiger partial charge in [0.25, 0.3) is 0 Å². The van der Waals surface area contributed by atoms with Crippen LogP contribution in [0.5, 0.6) is 0 Å². The highest BCUT2D eigenvalue weighted by molar-refractivity contribution is 5.34. The van der Waals surface area contributed by atoms with Crippen molar-refractivity contribution in [2.75, 3.05) is 0 Å². The Labute approximate surface area is 115 Å². The number of aryl methyl sites for hydroxylation is 1. The van der Waals surface area contributed by atoms with E-state index in [1.807, 2.05) is 0 Å². The highest BCUT2D eigenvalue weighted by atomic mass is 15.0. The van der Waals surface area contributed by atoms with Crippen molar-refractivity contribution in [1.29, 1.82) is 0 Å². The van der Waals surface area contributed by atoms with Crippen molar-refractivity contribution in [2.24, 2.45) is 0 Å². The van der Waals surface area contributed by atoms with Gasteiger partial charge in [-0.3, -0.25) is 0 Å². The first kappa shape index (κ1) is 12.4. The Kier molecular flexibility index (Phi) is 3.65. The molecule has 1 aliphatic carbocycles. The van der Waals surface area contributed by atoms with Crippen LogP contribution in [0.15, 0.2) is 54.6 Å². The molecule has 0 aliphatic heterocycles. The minimum atomic E-state index is 0.325. The van der Waals surface area contributed by atoms with Crippen molar-refractivity contribution in [3.63, 3.8) is 0 Å². The fraction of sp³-hybridized carbons (Fsp3) is 0.333. The summed E-state index contributed by atoms with van der Waals surface area (Å²) < 4.78 is 0. The molecule has 0 heterocycles. The van der Waals surface area contributed by atoms with Crippen LogP contribution in [-0.4, -0.2) is 6.04 Å². The van der Waals surface area contributed by atoms with E-state index in [-0.39, 0.29) is 0 Å². The van der Waals surface area contributed by atoms with Crippen LogP contribution >= 0.6 is 0 Å². The first-order valence-electron chi connectivity index (χ1n) is 7.20. The van der Waals surface area contributed by atoms with Gasteiger partial charge in [0, 0.05) is 6.04 Å². The Balaban J connectivity index is 1.91. The number of nitrogens with one attached hydrogen (secondary N) is 1. The van der Waals surface area contributed by atoms with Gasteiger partial charge < -0.3 is 5.32 Å². The molecule has 0 spiro atoms. The molecule has 3 rings (SSSR count). The Morgan fingerprint density at radius 1 is 0.947 bits per heavy atom. The van der Waals surface area contributed by atoms with Gasteiger partial charge >= 0.3 is 0 Å². The molecule has 1 aliphatic rings. The maximum absolute atomic E-state index is 3.81. The normalized spacial score (nSPS) is 16.9. The molecule has 98 valence electrons. The summed E-state index contributed by atoms with van der Waals surface area (Å²) >= 11 is 0. The number of rotatable bonds is 4. The van der Waals surface area contributed by atoms with Crippen LogP contribution in [-0.2, 0) is 0 Å². The molecule has 19 heavy (non-hydrogen) atoms. The summed E-state index contributed by atoms with van der Waals surface area (Å²) in [6.45, 7) is 2.16. The average Bonchev–Trinajstić information content (AvgIpc) is 2.38. The molecular weight excluding hydrogens is 230 g/mol. The van der Waals surface area contributed by atoms with Gasteiger partial charge in [0.2, 0.25) is 0 Å². The molecule has 2 aromatic rings. The van der Waals surface area contributed by atoms with Crippen LogP contribution in [0.3, 0.4) is 0 Å². The zero-order chi connectivity index (χ0) is 13.1. The summed E-state index contributed by atoms with van der Waals surface area (Å²) in [5, 5.41) is 3.81. The van der Waals surface area contributed by atoms with Gasteiger partial charge in [-0.2, -0.15) is 0 Å². The third kappa shape index (κ3) is 2.87. The zero-order valence-corrected chi connectivity index (χ0v) is 11.5. The summed E-state index contributed by atoms with van der Waals surface area (Å²) in [6, 6.07) is 20.6. The Morgan fingerprint density at radius 2 is 1.68 bits per heavy atom. The number of hydrogen-bond donors (Lipinski definition) is 1. The maximum atomic E-state index is 3.81. The first-order chi connectivity index (χ1) is 9.33. The fourth-order valence-electron chi connectivity index (χ4n) is 2.69. The second kappa shape index (κ2) is 5.58. The third-order valence-electron chi connectivity index (χ3n) is 4.02. The van der Waals surface area contributed by atoms with E-state index in [1.54, 1.807) is 0 Å². The lowest BCUT2D eigenvalue weighted by atomic mass is 9.89. The Hall–Kier alpha value is -1.60. The monoisotopic (exact) mass is 251 g/mol. The predicted molar refractivity (Wildman–Crippen MR) is 80.2 cm³/mol. The zero-order valence-electron chi connectivity index (χ0n) is 11.5. The topological polar surface area (TPSA) is 12.0 Å².